The lowest BCUT2D eigenvalue weighted by atomic mass is 10.2. The number of aromatic nitrogens is 2. The number of amides is 1. The van der Waals surface area contributed by atoms with Crippen LogP contribution in [-0.4, -0.2) is 23.2 Å². The van der Waals surface area contributed by atoms with Crippen molar-refractivity contribution in [2.45, 2.75) is 6.54 Å². The molecular formula is C12H14N4O2. The van der Waals surface area contributed by atoms with Crippen LogP contribution in [0.4, 0.5) is 5.69 Å². The van der Waals surface area contributed by atoms with Crippen LogP contribution in [0.2, 0.25) is 0 Å². The molecule has 0 spiro atoms. The molecule has 18 heavy (non-hydrogen) atoms. The van der Waals surface area contributed by atoms with Crippen LogP contribution in [0.1, 0.15) is 15.9 Å². The summed E-state index contributed by atoms with van der Waals surface area (Å²) in [7, 11) is 1.54. The molecule has 6 nitrogen and oxygen atoms in total. The van der Waals surface area contributed by atoms with Crippen molar-refractivity contribution in [2.24, 2.45) is 5.73 Å². The topological polar surface area (TPSA) is 93.0 Å². The average Bonchev–Trinajstić information content (AvgIpc) is 2.93. The lowest BCUT2D eigenvalue weighted by Gasteiger charge is -2.10. The smallest absolute Gasteiger partial charge is 0.258 e. The van der Waals surface area contributed by atoms with Gasteiger partial charge in [-0.05, 0) is 17.7 Å². The Morgan fingerprint density at radius 3 is 3.00 bits per heavy atom. The highest BCUT2D eigenvalue weighted by molar-refractivity contribution is 6.04. The summed E-state index contributed by atoms with van der Waals surface area (Å²) in [5.74, 6) is 0.331. The third-order valence-corrected chi connectivity index (χ3v) is 2.51. The number of H-pyrrole nitrogens is 1. The minimum absolute atomic E-state index is 0.248. The summed E-state index contributed by atoms with van der Waals surface area (Å²) in [6.07, 6.45) is 2.98. The number of carbonyl (C=O) groups excluding carboxylic acids is 1. The maximum Gasteiger partial charge on any atom is 0.258 e. The number of methoxy groups -OCH3 is 1. The van der Waals surface area contributed by atoms with Crippen LogP contribution in [0, 0.1) is 0 Å². The maximum atomic E-state index is 11.8. The molecule has 0 aliphatic carbocycles. The first-order valence-corrected chi connectivity index (χ1v) is 5.41. The molecule has 2 aromatic rings. The molecule has 0 bridgehead atoms. The van der Waals surface area contributed by atoms with Gasteiger partial charge >= 0.3 is 0 Å². The minimum Gasteiger partial charge on any atom is -0.495 e. The number of aromatic amines is 1. The van der Waals surface area contributed by atoms with E-state index in [2.05, 4.69) is 15.5 Å². The number of nitrogens with two attached hydrogens (primary N) is 1. The zero-order valence-corrected chi connectivity index (χ0v) is 9.93. The number of ether oxygens (including phenoxy) is 1. The van der Waals surface area contributed by atoms with E-state index in [1.807, 2.05) is 6.07 Å². The molecule has 0 fully saturated rings. The molecule has 2 rings (SSSR count). The standard InChI is InChI=1S/C12H14N4O2/c1-18-11-4-8(5-13)2-3-10(11)16-12(17)9-6-14-15-7-9/h2-4,6-7H,5,13H2,1H3,(H,14,15)(H,16,17). The third-order valence-electron chi connectivity index (χ3n) is 2.51. The van der Waals surface area contributed by atoms with E-state index in [1.165, 1.54) is 12.4 Å². The first-order chi connectivity index (χ1) is 8.74. The number of anilines is 1. The molecule has 94 valence electrons. The summed E-state index contributed by atoms with van der Waals surface area (Å²) in [4.78, 5) is 11.8. The summed E-state index contributed by atoms with van der Waals surface area (Å²) in [5.41, 5.74) is 7.54. The molecular weight excluding hydrogens is 232 g/mol. The predicted octanol–water partition coefficient (Wildman–Crippen LogP) is 1.13. The van der Waals surface area contributed by atoms with Crippen LogP contribution in [-0.2, 0) is 6.54 Å². The number of hydrogen-bond donors (Lipinski definition) is 3. The van der Waals surface area contributed by atoms with Crippen LogP contribution in [0.15, 0.2) is 30.6 Å². The molecule has 0 atom stereocenters. The predicted molar refractivity (Wildman–Crippen MR) is 67.4 cm³/mol. The highest BCUT2D eigenvalue weighted by Crippen LogP contribution is 2.25. The Hall–Kier alpha value is -2.34. The molecule has 0 saturated heterocycles. The van der Waals surface area contributed by atoms with E-state index in [4.69, 9.17) is 10.5 Å². The summed E-state index contributed by atoms with van der Waals surface area (Å²) in [6, 6.07) is 5.40. The first kappa shape index (κ1) is 12.1. The van der Waals surface area contributed by atoms with Gasteiger partial charge in [0.1, 0.15) is 5.75 Å². The Bertz CT molecular complexity index is 537. The first-order valence-electron chi connectivity index (χ1n) is 5.41. The second-order valence-corrected chi connectivity index (χ2v) is 3.68. The van der Waals surface area contributed by atoms with Gasteiger partial charge in [-0.25, -0.2) is 0 Å². The summed E-state index contributed by atoms with van der Waals surface area (Å²) in [6.45, 7) is 0.423. The maximum absolute atomic E-state index is 11.8. The second kappa shape index (κ2) is 5.33. The Morgan fingerprint density at radius 2 is 2.39 bits per heavy atom. The van der Waals surface area contributed by atoms with Gasteiger partial charge in [0.05, 0.1) is 24.6 Å². The fourth-order valence-electron chi connectivity index (χ4n) is 1.54. The van der Waals surface area contributed by atoms with Crippen LogP contribution in [0.3, 0.4) is 0 Å². The van der Waals surface area contributed by atoms with Crippen LogP contribution in [0.25, 0.3) is 0 Å². The van der Waals surface area contributed by atoms with Gasteiger partial charge < -0.3 is 15.8 Å². The number of benzene rings is 1. The number of carbonyl (C=O) groups is 1. The molecule has 1 heterocycles. The monoisotopic (exact) mass is 246 g/mol. The summed E-state index contributed by atoms with van der Waals surface area (Å²) < 4.78 is 5.21. The van der Waals surface area contributed by atoms with E-state index >= 15 is 0 Å². The van der Waals surface area contributed by atoms with E-state index in [-0.39, 0.29) is 5.91 Å². The third kappa shape index (κ3) is 2.49. The fraction of sp³-hybridized carbons (Fsp3) is 0.167. The second-order valence-electron chi connectivity index (χ2n) is 3.68. The highest BCUT2D eigenvalue weighted by Gasteiger charge is 2.10. The van der Waals surface area contributed by atoms with Crippen molar-refractivity contribution >= 4 is 11.6 Å². The zero-order chi connectivity index (χ0) is 13.0. The van der Waals surface area contributed by atoms with E-state index in [1.54, 1.807) is 19.2 Å². The van der Waals surface area contributed by atoms with Crippen LogP contribution < -0.4 is 15.8 Å². The van der Waals surface area contributed by atoms with Gasteiger partial charge in [0.25, 0.3) is 5.91 Å². The molecule has 1 aromatic heterocycles. The number of nitrogens with zero attached hydrogens (tertiary/aromatic N) is 1. The Balaban J connectivity index is 2.21. The van der Waals surface area contributed by atoms with Crippen molar-refractivity contribution in [2.75, 3.05) is 12.4 Å². The molecule has 6 heteroatoms. The van der Waals surface area contributed by atoms with Gasteiger partial charge in [-0.15, -0.1) is 0 Å². The minimum atomic E-state index is -0.248. The quantitative estimate of drug-likeness (QED) is 0.753. The Kier molecular flexibility index (Phi) is 3.59. The fourth-order valence-corrected chi connectivity index (χ4v) is 1.54. The van der Waals surface area contributed by atoms with E-state index in [0.29, 0.717) is 23.5 Å². The van der Waals surface area contributed by atoms with Gasteiger partial charge in [-0.1, -0.05) is 6.07 Å². The van der Waals surface area contributed by atoms with Crippen molar-refractivity contribution in [1.29, 1.82) is 0 Å². The molecule has 0 aliphatic rings. The molecule has 0 aliphatic heterocycles. The zero-order valence-electron chi connectivity index (χ0n) is 9.93. The van der Waals surface area contributed by atoms with Gasteiger partial charge in [0.2, 0.25) is 0 Å². The molecule has 1 aromatic carbocycles. The average molecular weight is 246 g/mol. The van der Waals surface area contributed by atoms with Gasteiger partial charge in [0.15, 0.2) is 0 Å². The van der Waals surface area contributed by atoms with Crippen LogP contribution >= 0.6 is 0 Å². The lowest BCUT2D eigenvalue weighted by molar-refractivity contribution is 0.102. The summed E-state index contributed by atoms with van der Waals surface area (Å²) in [5, 5.41) is 9.06. The van der Waals surface area contributed by atoms with Crippen molar-refractivity contribution in [3.8, 4) is 5.75 Å². The highest BCUT2D eigenvalue weighted by atomic mass is 16.5. The largest absolute Gasteiger partial charge is 0.495 e. The number of hydrogen-bond acceptors (Lipinski definition) is 4. The van der Waals surface area contributed by atoms with E-state index < -0.39 is 0 Å². The van der Waals surface area contributed by atoms with Gasteiger partial charge in [0, 0.05) is 12.7 Å². The number of nitrogens with one attached hydrogen (secondary N) is 2. The van der Waals surface area contributed by atoms with E-state index in [9.17, 15) is 4.79 Å². The molecule has 1 amide bonds. The van der Waals surface area contributed by atoms with Gasteiger partial charge in [-0.3, -0.25) is 9.89 Å². The van der Waals surface area contributed by atoms with Crippen molar-refractivity contribution < 1.29 is 9.53 Å². The normalized spacial score (nSPS) is 10.1. The van der Waals surface area contributed by atoms with Gasteiger partial charge in [-0.2, -0.15) is 5.10 Å². The molecule has 0 unspecified atom stereocenters. The Labute approximate surface area is 104 Å². The Morgan fingerprint density at radius 1 is 1.56 bits per heavy atom. The van der Waals surface area contributed by atoms with Crippen molar-refractivity contribution in [3.05, 3.63) is 41.7 Å². The molecule has 0 saturated carbocycles. The van der Waals surface area contributed by atoms with Crippen molar-refractivity contribution in [3.63, 3.8) is 0 Å². The van der Waals surface area contributed by atoms with Crippen LogP contribution in [0.5, 0.6) is 5.75 Å². The molecule has 0 radical (unpaired) electrons. The SMILES string of the molecule is COc1cc(CN)ccc1NC(=O)c1cn[nH]c1. The molecule has 4 N–H and O–H groups in total. The number of rotatable bonds is 4. The van der Waals surface area contributed by atoms with Crippen molar-refractivity contribution in [1.82, 2.24) is 10.2 Å². The summed E-state index contributed by atoms with van der Waals surface area (Å²) >= 11 is 0. The van der Waals surface area contributed by atoms with E-state index in [0.717, 1.165) is 5.56 Å². The lowest BCUT2D eigenvalue weighted by Crippen LogP contribution is -2.12.